The van der Waals surface area contributed by atoms with Gasteiger partial charge in [0, 0.05) is 45.3 Å². The molecule has 1 aliphatic rings. The predicted octanol–water partition coefficient (Wildman–Crippen LogP) is 2.40. The number of imidazole rings is 1. The second kappa shape index (κ2) is 5.94. The van der Waals surface area contributed by atoms with Crippen LogP contribution in [0.15, 0.2) is 18.5 Å². The van der Waals surface area contributed by atoms with Gasteiger partial charge in [-0.25, -0.2) is 9.97 Å². The monoisotopic (exact) mass is 300 g/mol. The van der Waals surface area contributed by atoms with E-state index in [4.69, 9.17) is 0 Å². The van der Waals surface area contributed by atoms with Crippen molar-refractivity contribution in [3.8, 4) is 0 Å². The van der Waals surface area contributed by atoms with E-state index in [9.17, 15) is 0 Å². The summed E-state index contributed by atoms with van der Waals surface area (Å²) in [5.74, 6) is 3.35. The summed E-state index contributed by atoms with van der Waals surface area (Å²) < 4.78 is 2.09. The second-order valence-corrected chi connectivity index (χ2v) is 6.15. The molecular formula is C16H24N6. The molecule has 0 spiro atoms. The molecule has 6 nitrogen and oxygen atoms in total. The van der Waals surface area contributed by atoms with Gasteiger partial charge < -0.3 is 14.8 Å². The minimum absolute atomic E-state index is 0.217. The number of hydrogen-bond donors (Lipinski definition) is 1. The molecule has 0 radical (unpaired) electrons. The largest absolute Gasteiger partial charge is 0.360 e. The molecule has 1 atom stereocenters. The molecule has 6 heteroatoms. The van der Waals surface area contributed by atoms with Gasteiger partial charge in [0.15, 0.2) is 0 Å². The molecule has 22 heavy (non-hydrogen) atoms. The molecule has 2 aromatic rings. The maximum Gasteiger partial charge on any atom is 0.226 e. The van der Waals surface area contributed by atoms with E-state index in [1.165, 1.54) is 12.8 Å². The van der Waals surface area contributed by atoms with Crippen molar-refractivity contribution in [2.45, 2.75) is 32.2 Å². The van der Waals surface area contributed by atoms with Crippen molar-refractivity contribution >= 4 is 11.8 Å². The highest BCUT2D eigenvalue weighted by Gasteiger charge is 2.35. The SMILES string of the molecule is CCc1cc(N[C@H](c2nccn2C)C2CC2)nc(N(C)C)n1. The van der Waals surface area contributed by atoms with Gasteiger partial charge in [-0.2, -0.15) is 4.98 Å². The zero-order chi connectivity index (χ0) is 15.7. The Morgan fingerprint density at radius 3 is 2.68 bits per heavy atom. The van der Waals surface area contributed by atoms with E-state index in [2.05, 4.69) is 31.8 Å². The lowest BCUT2D eigenvalue weighted by atomic mass is 10.1. The lowest BCUT2D eigenvalue weighted by Crippen LogP contribution is -2.20. The Bertz CT molecular complexity index is 644. The summed E-state index contributed by atoms with van der Waals surface area (Å²) in [5, 5.41) is 3.59. The van der Waals surface area contributed by atoms with Crippen LogP contribution in [0, 0.1) is 5.92 Å². The Balaban J connectivity index is 1.90. The standard InChI is InChI=1S/C16H24N6/c1-5-12-10-13(20-16(18-12)21(2)3)19-14(11-6-7-11)15-17-8-9-22(15)4/h8-11,14H,5-7H2,1-4H3,(H,18,19,20)/t14-/m0/s1. The van der Waals surface area contributed by atoms with Crippen molar-refractivity contribution in [3.05, 3.63) is 30.0 Å². The zero-order valence-corrected chi connectivity index (χ0v) is 13.7. The van der Waals surface area contributed by atoms with Crippen LogP contribution in [0.5, 0.6) is 0 Å². The Morgan fingerprint density at radius 1 is 1.36 bits per heavy atom. The molecule has 1 saturated carbocycles. The summed E-state index contributed by atoms with van der Waals surface area (Å²) in [5.41, 5.74) is 1.05. The van der Waals surface area contributed by atoms with Crippen molar-refractivity contribution in [2.75, 3.05) is 24.3 Å². The Morgan fingerprint density at radius 2 is 2.14 bits per heavy atom. The maximum absolute atomic E-state index is 4.64. The van der Waals surface area contributed by atoms with Crippen molar-refractivity contribution in [2.24, 2.45) is 13.0 Å². The second-order valence-electron chi connectivity index (χ2n) is 6.15. The fourth-order valence-corrected chi connectivity index (χ4v) is 2.60. The van der Waals surface area contributed by atoms with E-state index in [1.807, 2.05) is 44.5 Å². The molecule has 3 rings (SSSR count). The van der Waals surface area contributed by atoms with Crippen LogP contribution < -0.4 is 10.2 Å². The highest BCUT2D eigenvalue weighted by Crippen LogP contribution is 2.42. The Labute approximate surface area is 131 Å². The van der Waals surface area contributed by atoms with Crippen LogP contribution in [0.2, 0.25) is 0 Å². The third-order valence-electron chi connectivity index (χ3n) is 4.06. The van der Waals surface area contributed by atoms with E-state index in [0.29, 0.717) is 5.92 Å². The molecule has 0 amide bonds. The zero-order valence-electron chi connectivity index (χ0n) is 13.7. The molecule has 0 aromatic carbocycles. The molecule has 118 valence electrons. The average Bonchev–Trinajstić information content (AvgIpc) is 3.26. The molecule has 1 N–H and O–H groups in total. The third-order valence-corrected chi connectivity index (χ3v) is 4.06. The average molecular weight is 300 g/mol. The number of nitrogens with one attached hydrogen (secondary N) is 1. The van der Waals surface area contributed by atoms with Crippen molar-refractivity contribution in [1.29, 1.82) is 0 Å². The summed E-state index contributed by atoms with van der Waals surface area (Å²) >= 11 is 0. The van der Waals surface area contributed by atoms with Crippen LogP contribution in [0.4, 0.5) is 11.8 Å². The van der Waals surface area contributed by atoms with Gasteiger partial charge in [0.2, 0.25) is 5.95 Å². The topological polar surface area (TPSA) is 58.9 Å². The first kappa shape index (κ1) is 14.8. The molecule has 0 unspecified atom stereocenters. The molecule has 0 bridgehead atoms. The predicted molar refractivity (Wildman–Crippen MR) is 88.0 cm³/mol. The van der Waals surface area contributed by atoms with Crippen LogP contribution in [0.3, 0.4) is 0 Å². The van der Waals surface area contributed by atoms with Crippen LogP contribution in [-0.4, -0.2) is 33.6 Å². The van der Waals surface area contributed by atoms with E-state index in [-0.39, 0.29) is 6.04 Å². The molecule has 1 fully saturated rings. The number of aryl methyl sites for hydroxylation is 2. The minimum atomic E-state index is 0.217. The smallest absolute Gasteiger partial charge is 0.226 e. The van der Waals surface area contributed by atoms with Gasteiger partial charge in [0.05, 0.1) is 6.04 Å². The summed E-state index contributed by atoms with van der Waals surface area (Å²) in [6, 6.07) is 2.26. The summed E-state index contributed by atoms with van der Waals surface area (Å²) in [4.78, 5) is 15.7. The van der Waals surface area contributed by atoms with Gasteiger partial charge in [-0.15, -0.1) is 0 Å². The maximum atomic E-state index is 4.64. The van der Waals surface area contributed by atoms with Crippen molar-refractivity contribution in [3.63, 3.8) is 0 Å². The quantitative estimate of drug-likeness (QED) is 0.887. The van der Waals surface area contributed by atoms with Crippen LogP contribution >= 0.6 is 0 Å². The number of nitrogens with zero attached hydrogens (tertiary/aromatic N) is 5. The van der Waals surface area contributed by atoms with Crippen LogP contribution in [0.25, 0.3) is 0 Å². The molecule has 1 aliphatic carbocycles. The lowest BCUT2D eigenvalue weighted by Gasteiger charge is -2.20. The molecule has 0 aliphatic heterocycles. The Hall–Kier alpha value is -2.11. The first-order chi connectivity index (χ1) is 10.6. The first-order valence-electron chi connectivity index (χ1n) is 7.87. The number of anilines is 2. The first-order valence-corrected chi connectivity index (χ1v) is 7.87. The fraction of sp³-hybridized carbons (Fsp3) is 0.562. The van der Waals surface area contributed by atoms with E-state index in [1.54, 1.807) is 0 Å². The van der Waals surface area contributed by atoms with Gasteiger partial charge in [-0.3, -0.25) is 0 Å². The van der Waals surface area contributed by atoms with Crippen molar-refractivity contribution in [1.82, 2.24) is 19.5 Å². The molecule has 2 heterocycles. The molecule has 2 aromatic heterocycles. The van der Waals surface area contributed by atoms with E-state index >= 15 is 0 Å². The van der Waals surface area contributed by atoms with E-state index < -0.39 is 0 Å². The van der Waals surface area contributed by atoms with Crippen LogP contribution in [-0.2, 0) is 13.5 Å². The summed E-state index contributed by atoms with van der Waals surface area (Å²) in [6.45, 7) is 2.11. The third kappa shape index (κ3) is 3.05. The van der Waals surface area contributed by atoms with Gasteiger partial charge in [0.25, 0.3) is 0 Å². The summed E-state index contributed by atoms with van der Waals surface area (Å²) in [7, 11) is 5.98. The number of rotatable bonds is 6. The molecular weight excluding hydrogens is 276 g/mol. The lowest BCUT2D eigenvalue weighted by molar-refractivity contribution is 0.604. The number of hydrogen-bond acceptors (Lipinski definition) is 5. The number of aromatic nitrogens is 4. The highest BCUT2D eigenvalue weighted by molar-refractivity contribution is 5.44. The van der Waals surface area contributed by atoms with Gasteiger partial charge in [-0.1, -0.05) is 6.92 Å². The van der Waals surface area contributed by atoms with E-state index in [0.717, 1.165) is 29.7 Å². The van der Waals surface area contributed by atoms with Crippen molar-refractivity contribution < 1.29 is 0 Å². The van der Waals surface area contributed by atoms with Gasteiger partial charge >= 0.3 is 0 Å². The fourth-order valence-electron chi connectivity index (χ4n) is 2.60. The van der Waals surface area contributed by atoms with Gasteiger partial charge in [-0.05, 0) is 25.2 Å². The van der Waals surface area contributed by atoms with Crippen LogP contribution in [0.1, 0.15) is 37.3 Å². The Kier molecular flexibility index (Phi) is 4.00. The normalized spacial score (nSPS) is 15.6. The van der Waals surface area contributed by atoms with Gasteiger partial charge in [0.1, 0.15) is 11.6 Å². The molecule has 0 saturated heterocycles. The minimum Gasteiger partial charge on any atom is -0.360 e. The highest BCUT2D eigenvalue weighted by atomic mass is 15.2. The summed E-state index contributed by atoms with van der Waals surface area (Å²) in [6.07, 6.45) is 7.24.